The topological polar surface area (TPSA) is 21.3 Å². The Morgan fingerprint density at radius 3 is 2.81 bits per heavy atom. The molecule has 2 heterocycles. The molecule has 2 aromatic rings. The van der Waals surface area contributed by atoms with Crippen LogP contribution in [-0.4, -0.2) is 12.8 Å². The molecule has 4 rings (SSSR count). The van der Waals surface area contributed by atoms with Crippen LogP contribution in [0.2, 0.25) is 0 Å². The number of hydrogen-bond acceptors (Lipinski definition) is 2. The van der Waals surface area contributed by atoms with Crippen molar-refractivity contribution in [3.63, 3.8) is 0 Å². The number of benzene rings is 2. The molecule has 0 bridgehead atoms. The second kappa shape index (κ2) is 5.05. The zero-order chi connectivity index (χ0) is 14.1. The summed E-state index contributed by atoms with van der Waals surface area (Å²) in [6.07, 6.45) is 6.72. The Balaban J connectivity index is 1.62. The molecule has 1 N–H and O–H groups in total. The third kappa shape index (κ3) is 2.07. The average molecular weight is 277 g/mol. The molecule has 0 radical (unpaired) electrons. The second-order valence-electron chi connectivity index (χ2n) is 5.86. The number of nitrogens with one attached hydrogen (secondary N) is 1. The Kier molecular flexibility index (Phi) is 3.04. The maximum atomic E-state index is 5.92. The molecule has 2 nitrogen and oxygen atoms in total. The van der Waals surface area contributed by atoms with E-state index in [0.717, 1.165) is 19.4 Å². The van der Waals surface area contributed by atoms with Gasteiger partial charge in [0.25, 0.3) is 0 Å². The summed E-state index contributed by atoms with van der Waals surface area (Å²) in [5.41, 5.74) is 3.99. The smallest absolute Gasteiger partial charge is 0.137 e. The molecule has 2 atom stereocenters. The van der Waals surface area contributed by atoms with Crippen molar-refractivity contribution in [2.75, 3.05) is 11.9 Å². The van der Waals surface area contributed by atoms with E-state index in [1.165, 1.54) is 16.8 Å². The quantitative estimate of drug-likeness (QED) is 0.908. The van der Waals surface area contributed by atoms with E-state index in [2.05, 4.69) is 66.0 Å². The molecule has 21 heavy (non-hydrogen) atoms. The van der Waals surface area contributed by atoms with E-state index in [-0.39, 0.29) is 11.6 Å². The Morgan fingerprint density at radius 2 is 1.90 bits per heavy atom. The van der Waals surface area contributed by atoms with Crippen molar-refractivity contribution in [3.05, 3.63) is 71.8 Å². The van der Waals surface area contributed by atoms with Crippen molar-refractivity contribution >= 4 is 11.8 Å². The second-order valence-corrected chi connectivity index (χ2v) is 5.86. The van der Waals surface area contributed by atoms with Crippen molar-refractivity contribution < 1.29 is 4.74 Å². The monoisotopic (exact) mass is 277 g/mol. The summed E-state index contributed by atoms with van der Waals surface area (Å²) in [5.74, 6) is 0. The molecule has 2 unspecified atom stereocenters. The summed E-state index contributed by atoms with van der Waals surface area (Å²) >= 11 is 0. The lowest BCUT2D eigenvalue weighted by Crippen LogP contribution is -2.34. The largest absolute Gasteiger partial charge is 0.359 e. The predicted molar refractivity (Wildman–Crippen MR) is 86.2 cm³/mol. The number of fused-ring (bicyclic) bond motifs is 3. The normalized spacial score (nSPS) is 26.6. The van der Waals surface area contributed by atoms with Gasteiger partial charge in [-0.2, -0.15) is 0 Å². The van der Waals surface area contributed by atoms with Crippen LogP contribution in [0.1, 0.15) is 24.0 Å². The van der Waals surface area contributed by atoms with Crippen LogP contribution in [0.3, 0.4) is 0 Å². The fraction of sp³-hybridized carbons (Fsp3) is 0.263. The fourth-order valence-corrected chi connectivity index (χ4v) is 3.58. The Hall–Kier alpha value is -2.06. The summed E-state index contributed by atoms with van der Waals surface area (Å²) < 4.78 is 5.92. The van der Waals surface area contributed by atoms with Gasteiger partial charge in [0, 0.05) is 11.1 Å². The van der Waals surface area contributed by atoms with Gasteiger partial charge in [0.1, 0.15) is 6.23 Å². The van der Waals surface area contributed by atoms with Crippen molar-refractivity contribution in [3.8, 4) is 0 Å². The van der Waals surface area contributed by atoms with E-state index in [0.29, 0.717) is 0 Å². The lowest BCUT2D eigenvalue weighted by molar-refractivity contribution is 0.108. The van der Waals surface area contributed by atoms with E-state index in [1.54, 1.807) is 0 Å². The molecule has 106 valence electrons. The van der Waals surface area contributed by atoms with Gasteiger partial charge < -0.3 is 10.1 Å². The summed E-state index contributed by atoms with van der Waals surface area (Å²) in [6, 6.07) is 19.1. The average Bonchev–Trinajstić information content (AvgIpc) is 3.04. The highest BCUT2D eigenvalue weighted by Crippen LogP contribution is 2.49. The Bertz CT molecular complexity index is 664. The van der Waals surface area contributed by atoms with E-state index < -0.39 is 0 Å². The maximum Gasteiger partial charge on any atom is 0.137 e. The van der Waals surface area contributed by atoms with Crippen molar-refractivity contribution in [1.82, 2.24) is 0 Å². The van der Waals surface area contributed by atoms with E-state index in [1.807, 2.05) is 6.07 Å². The van der Waals surface area contributed by atoms with Crippen LogP contribution in [0.4, 0.5) is 5.69 Å². The van der Waals surface area contributed by atoms with Crippen LogP contribution >= 0.6 is 0 Å². The highest BCUT2D eigenvalue weighted by Gasteiger charge is 2.50. The minimum Gasteiger partial charge on any atom is -0.359 e. The lowest BCUT2D eigenvalue weighted by atomic mass is 9.76. The molecule has 2 aliphatic heterocycles. The van der Waals surface area contributed by atoms with Gasteiger partial charge in [-0.15, -0.1) is 0 Å². The van der Waals surface area contributed by atoms with E-state index in [9.17, 15) is 0 Å². The van der Waals surface area contributed by atoms with E-state index >= 15 is 0 Å². The molecule has 0 aromatic heterocycles. The molecular weight excluding hydrogens is 258 g/mol. The highest BCUT2D eigenvalue weighted by atomic mass is 16.5. The zero-order valence-corrected chi connectivity index (χ0v) is 12.0. The van der Waals surface area contributed by atoms with Crippen LogP contribution in [0.25, 0.3) is 6.08 Å². The van der Waals surface area contributed by atoms with Gasteiger partial charge >= 0.3 is 0 Å². The molecule has 0 amide bonds. The van der Waals surface area contributed by atoms with Crippen LogP contribution in [0.15, 0.2) is 60.7 Å². The summed E-state index contributed by atoms with van der Waals surface area (Å²) in [5, 5.41) is 3.53. The SMILES string of the molecule is C(=C\c1ccccc1)/CC12CCOC1Nc1ccccc12. The number of ether oxygens (including phenoxy) is 1. The van der Waals surface area contributed by atoms with Gasteiger partial charge in [-0.3, -0.25) is 0 Å². The van der Waals surface area contributed by atoms with Gasteiger partial charge in [-0.05, 0) is 30.0 Å². The number of hydrogen-bond donors (Lipinski definition) is 1. The number of rotatable bonds is 3. The molecule has 0 aliphatic carbocycles. The van der Waals surface area contributed by atoms with Crippen molar-refractivity contribution in [1.29, 1.82) is 0 Å². The molecule has 1 saturated heterocycles. The fourth-order valence-electron chi connectivity index (χ4n) is 3.58. The third-order valence-corrected chi connectivity index (χ3v) is 4.68. The predicted octanol–water partition coefficient (Wildman–Crippen LogP) is 4.20. The molecule has 2 aromatic carbocycles. The first-order valence-corrected chi connectivity index (χ1v) is 7.58. The van der Waals surface area contributed by atoms with Gasteiger partial charge in [-0.25, -0.2) is 0 Å². The molecule has 2 aliphatic rings. The Labute approximate surface area is 125 Å². The Morgan fingerprint density at radius 1 is 1.10 bits per heavy atom. The van der Waals surface area contributed by atoms with Gasteiger partial charge in [0.05, 0.1) is 6.61 Å². The number of para-hydroxylation sites is 1. The van der Waals surface area contributed by atoms with Crippen molar-refractivity contribution in [2.24, 2.45) is 0 Å². The summed E-state index contributed by atoms with van der Waals surface area (Å²) in [7, 11) is 0. The molecule has 0 saturated carbocycles. The lowest BCUT2D eigenvalue weighted by Gasteiger charge is -2.26. The first kappa shape index (κ1) is 12.7. The van der Waals surface area contributed by atoms with Gasteiger partial charge in [-0.1, -0.05) is 60.7 Å². The van der Waals surface area contributed by atoms with Crippen LogP contribution < -0.4 is 5.32 Å². The van der Waals surface area contributed by atoms with Gasteiger partial charge in [0.15, 0.2) is 0 Å². The van der Waals surface area contributed by atoms with Crippen LogP contribution in [0.5, 0.6) is 0 Å². The molecule has 1 fully saturated rings. The summed E-state index contributed by atoms with van der Waals surface area (Å²) in [4.78, 5) is 0. The standard InChI is InChI=1S/C19H19NO/c1-2-7-15(8-3-1)9-6-12-19-13-14-21-18(19)20-17-11-5-4-10-16(17)19/h1-11,18,20H,12-14H2/b9-6+. The number of allylic oxidation sites excluding steroid dienone is 1. The minimum absolute atomic E-state index is 0.0991. The van der Waals surface area contributed by atoms with Crippen LogP contribution in [0, 0.1) is 0 Å². The molecule has 2 heteroatoms. The van der Waals surface area contributed by atoms with E-state index in [4.69, 9.17) is 4.74 Å². The molecular formula is C19H19NO. The zero-order valence-electron chi connectivity index (χ0n) is 12.0. The first-order chi connectivity index (χ1) is 10.4. The highest BCUT2D eigenvalue weighted by molar-refractivity contribution is 5.62. The number of anilines is 1. The first-order valence-electron chi connectivity index (χ1n) is 7.58. The minimum atomic E-state index is 0.0991. The van der Waals surface area contributed by atoms with Crippen molar-refractivity contribution in [2.45, 2.75) is 24.5 Å². The van der Waals surface area contributed by atoms with Gasteiger partial charge in [0.2, 0.25) is 0 Å². The third-order valence-electron chi connectivity index (χ3n) is 4.68. The maximum absolute atomic E-state index is 5.92. The van der Waals surface area contributed by atoms with Crippen LogP contribution in [-0.2, 0) is 10.2 Å². The summed E-state index contributed by atoms with van der Waals surface area (Å²) in [6.45, 7) is 0.838. The molecule has 0 spiro atoms.